The van der Waals surface area contributed by atoms with Gasteiger partial charge in [0.2, 0.25) is 0 Å². The molecule has 1 N–H and O–H groups in total. The quantitative estimate of drug-likeness (QED) is 0.652. The average molecular weight is 372 g/mol. The topological polar surface area (TPSA) is 12.0 Å². The van der Waals surface area contributed by atoms with Crippen LogP contribution in [0.15, 0.2) is 21.9 Å². The second-order valence-electron chi connectivity index (χ2n) is 7.07. The van der Waals surface area contributed by atoms with Gasteiger partial charge >= 0.3 is 0 Å². The summed E-state index contributed by atoms with van der Waals surface area (Å²) >= 11 is 0. The van der Waals surface area contributed by atoms with Gasteiger partial charge in [-0.1, -0.05) is 36.4 Å². The molecule has 1 atom stereocenters. The first kappa shape index (κ1) is 25.9. The van der Waals surface area contributed by atoms with Gasteiger partial charge < -0.3 is 4.98 Å². The van der Waals surface area contributed by atoms with Crippen LogP contribution >= 0.6 is 24.8 Å². The van der Waals surface area contributed by atoms with Crippen molar-refractivity contribution in [3.63, 3.8) is 0 Å². The minimum absolute atomic E-state index is 0. The third-order valence-electron chi connectivity index (χ3n) is 4.00. The predicted octanol–water partition coefficient (Wildman–Crippen LogP) is 5.26. The largest absolute Gasteiger partial charge is 0.329 e. The molecule has 0 aliphatic heterocycles. The van der Waals surface area contributed by atoms with Crippen molar-refractivity contribution >= 4 is 33.0 Å². The molecule has 5 heteroatoms. The molecule has 1 nitrogen and oxygen atoms in total. The van der Waals surface area contributed by atoms with Crippen molar-refractivity contribution in [3.8, 4) is 0 Å². The van der Waals surface area contributed by atoms with Crippen LogP contribution in [0.5, 0.6) is 0 Å². The first-order chi connectivity index (χ1) is 7.47. The summed E-state index contributed by atoms with van der Waals surface area (Å²) in [5.41, 5.74) is 4.83. The number of hydrogen-bond donors (Lipinski definition) is 1. The molecule has 1 aliphatic carbocycles. The summed E-state index contributed by atoms with van der Waals surface area (Å²) in [4.78, 5) is 3.89. The van der Waals surface area contributed by atoms with Crippen LogP contribution in [0, 0.1) is 5.92 Å². The maximum atomic E-state index is 3.89. The van der Waals surface area contributed by atoms with Crippen molar-refractivity contribution in [3.05, 3.63) is 21.9 Å². The van der Waals surface area contributed by atoms with E-state index >= 15 is 0 Å². The summed E-state index contributed by atoms with van der Waals surface area (Å²) in [6.45, 7) is 20.9. The van der Waals surface area contributed by atoms with Crippen LogP contribution in [0.25, 0.3) is 0 Å². The van der Waals surface area contributed by atoms with Gasteiger partial charge in [0.15, 0.2) is 0 Å². The fraction of sp³-hybridized carbons (Fsp3) is 0.733. The van der Waals surface area contributed by atoms with E-state index in [1.54, 1.807) is 16.3 Å². The number of halogens is 2. The van der Waals surface area contributed by atoms with E-state index in [0.29, 0.717) is 5.92 Å². The summed E-state index contributed by atoms with van der Waals surface area (Å²) in [6.07, 6.45) is 0. The second-order valence-corrected chi connectivity index (χ2v) is 11.1. The van der Waals surface area contributed by atoms with Gasteiger partial charge in [-0.25, -0.2) is 0 Å². The van der Waals surface area contributed by atoms with Gasteiger partial charge in [-0.15, -0.1) is 24.8 Å². The molecule has 0 fully saturated rings. The zero-order valence-electron chi connectivity index (χ0n) is 14.4. The molecule has 0 saturated heterocycles. The van der Waals surface area contributed by atoms with E-state index in [0.717, 1.165) is 0 Å². The van der Waals surface area contributed by atoms with E-state index in [-0.39, 0.29) is 52.1 Å². The fourth-order valence-electron chi connectivity index (χ4n) is 3.38. The third kappa shape index (κ3) is 5.62. The Bertz CT molecular complexity index is 395. The zero-order valence-corrected chi connectivity index (χ0v) is 18.6. The van der Waals surface area contributed by atoms with Crippen LogP contribution in [0.3, 0.4) is 0 Å². The molecule has 0 aromatic rings. The van der Waals surface area contributed by atoms with Crippen molar-refractivity contribution in [2.75, 3.05) is 0 Å². The van der Waals surface area contributed by atoms with Gasteiger partial charge in [-0.2, -0.15) is 0 Å². The Morgan fingerprint density at radius 3 is 1.60 bits per heavy atom. The first-order valence-corrected chi connectivity index (χ1v) is 9.65. The maximum absolute atomic E-state index is 3.89. The monoisotopic (exact) mass is 371 g/mol. The molecule has 0 bridgehead atoms. The Morgan fingerprint density at radius 2 is 1.35 bits per heavy atom. The molecule has 0 heterocycles. The summed E-state index contributed by atoms with van der Waals surface area (Å²) < 4.78 is 0. The van der Waals surface area contributed by atoms with Crippen LogP contribution in [0.4, 0.5) is 0 Å². The molecule has 0 aromatic heterocycles. The molecule has 0 saturated carbocycles. The van der Waals surface area contributed by atoms with Crippen molar-refractivity contribution < 1.29 is 21.7 Å². The normalized spacial score (nSPS) is 19.4. The predicted molar refractivity (Wildman–Crippen MR) is 95.1 cm³/mol. The van der Waals surface area contributed by atoms with E-state index in [4.69, 9.17) is 0 Å². The SMILES string of the molecule is CC1=C(C)C(C)C([Si](C)(C)NC(C)(C)C)=C1C.Cl.Cl.[Ti]. The van der Waals surface area contributed by atoms with Crippen LogP contribution in [-0.2, 0) is 21.7 Å². The first-order valence-electron chi connectivity index (χ1n) is 6.65. The molecule has 1 unspecified atom stereocenters. The summed E-state index contributed by atoms with van der Waals surface area (Å²) in [5.74, 6) is 0.631. The molecule has 20 heavy (non-hydrogen) atoms. The Balaban J connectivity index is -0.000000963. The van der Waals surface area contributed by atoms with Gasteiger partial charge in [0.1, 0.15) is 8.24 Å². The van der Waals surface area contributed by atoms with Gasteiger partial charge in [-0.05, 0) is 53.0 Å². The molecular weight excluding hydrogens is 341 g/mol. The minimum Gasteiger partial charge on any atom is -0.329 e. The van der Waals surface area contributed by atoms with E-state index in [1.165, 1.54) is 5.57 Å². The van der Waals surface area contributed by atoms with Crippen LogP contribution in [-0.4, -0.2) is 13.8 Å². The van der Waals surface area contributed by atoms with Gasteiger partial charge in [-0.3, -0.25) is 0 Å². The smallest absolute Gasteiger partial charge is 0.148 e. The van der Waals surface area contributed by atoms with Crippen molar-refractivity contribution in [2.45, 2.75) is 67.1 Å². The summed E-state index contributed by atoms with van der Waals surface area (Å²) in [6, 6.07) is 0. The summed E-state index contributed by atoms with van der Waals surface area (Å²) in [5, 5.41) is 1.70. The standard InChI is InChI=1S/C15H29NSi.2ClH.Ti/c1-10-11(2)13(4)14(12(10)3)17(8,9)16-15(5,6)7;;;/h12,16H,1-9H3;2*1H;. The molecule has 1 rings (SSSR count). The third-order valence-corrected chi connectivity index (χ3v) is 7.53. The summed E-state index contributed by atoms with van der Waals surface area (Å²) in [7, 11) is -1.53. The van der Waals surface area contributed by atoms with E-state index in [1.807, 2.05) is 0 Å². The number of rotatable bonds is 2. The van der Waals surface area contributed by atoms with Crippen molar-refractivity contribution in [1.82, 2.24) is 4.98 Å². The molecular formula is C15H31Cl2NSiTi. The van der Waals surface area contributed by atoms with Crippen molar-refractivity contribution in [1.29, 1.82) is 0 Å². The Morgan fingerprint density at radius 1 is 0.950 bits per heavy atom. The molecule has 0 spiro atoms. The second kappa shape index (κ2) is 8.55. The Kier molecular flexibility index (Phi) is 11.1. The average Bonchev–Trinajstić information content (AvgIpc) is 2.27. The van der Waals surface area contributed by atoms with E-state index < -0.39 is 8.24 Å². The number of hydrogen-bond acceptors (Lipinski definition) is 1. The van der Waals surface area contributed by atoms with Crippen LogP contribution in [0.1, 0.15) is 48.5 Å². The number of nitrogens with one attached hydrogen (secondary N) is 1. The van der Waals surface area contributed by atoms with Crippen molar-refractivity contribution in [2.24, 2.45) is 5.92 Å². The van der Waals surface area contributed by atoms with E-state index in [9.17, 15) is 0 Å². The van der Waals surface area contributed by atoms with Crippen LogP contribution < -0.4 is 4.98 Å². The fourth-order valence-corrected chi connectivity index (χ4v) is 7.81. The molecule has 0 amide bonds. The molecule has 0 aromatic carbocycles. The maximum Gasteiger partial charge on any atom is 0.148 e. The van der Waals surface area contributed by atoms with Gasteiger partial charge in [0.05, 0.1) is 0 Å². The zero-order chi connectivity index (χ0) is 13.6. The Hall–Kier alpha value is 0.951. The molecule has 1 aliphatic rings. The Labute approximate surface area is 154 Å². The number of allylic oxidation sites excluding steroid dienone is 4. The van der Waals surface area contributed by atoms with Crippen LogP contribution in [0.2, 0.25) is 13.1 Å². The van der Waals surface area contributed by atoms with E-state index in [2.05, 4.69) is 66.5 Å². The minimum atomic E-state index is -1.53. The molecule has 118 valence electrons. The van der Waals surface area contributed by atoms with Gasteiger partial charge in [0, 0.05) is 27.3 Å². The van der Waals surface area contributed by atoms with Gasteiger partial charge in [0.25, 0.3) is 0 Å². The molecule has 0 radical (unpaired) electrons.